The van der Waals surface area contributed by atoms with E-state index in [-0.39, 0.29) is 0 Å². The summed E-state index contributed by atoms with van der Waals surface area (Å²) in [4.78, 5) is 10.3. The van der Waals surface area contributed by atoms with E-state index < -0.39 is 5.97 Å². The smallest absolute Gasteiger partial charge is 0.348 e. The molecule has 1 N–H and O–H groups in total. The molecular weight excluding hydrogens is 180 g/mol. The Bertz CT molecular complexity index is 322. The molecule has 0 unspecified atom stereocenters. The molecule has 4 nitrogen and oxygen atoms in total. The normalized spacial score (nSPS) is 10.4. The van der Waals surface area contributed by atoms with E-state index in [0.717, 1.165) is 11.9 Å². The van der Waals surface area contributed by atoms with Crippen molar-refractivity contribution in [2.75, 3.05) is 11.6 Å². The molecule has 0 amide bonds. The van der Waals surface area contributed by atoms with Crippen LogP contribution in [0.1, 0.15) is 6.92 Å². The van der Waals surface area contributed by atoms with Crippen molar-refractivity contribution in [2.24, 2.45) is 5.10 Å². The second-order valence-corrected chi connectivity index (χ2v) is 2.63. The highest BCUT2D eigenvalue weighted by molar-refractivity contribution is 6.22. The molecule has 0 aliphatic carbocycles. The van der Waals surface area contributed by atoms with Gasteiger partial charge >= 0.3 is 5.97 Å². The number of carboxylic acid groups (broad SMARTS) is 1. The molecule has 1 aromatic carbocycles. The SMILES string of the molecule is CCN(N=CC(=O)O)c1ccccc1. The number of hydrogen-bond acceptors (Lipinski definition) is 3. The summed E-state index contributed by atoms with van der Waals surface area (Å²) in [5.41, 5.74) is 0.882. The summed E-state index contributed by atoms with van der Waals surface area (Å²) >= 11 is 0. The van der Waals surface area contributed by atoms with Gasteiger partial charge in [-0.05, 0) is 19.1 Å². The zero-order valence-electron chi connectivity index (χ0n) is 7.92. The lowest BCUT2D eigenvalue weighted by Crippen LogP contribution is -2.16. The largest absolute Gasteiger partial charge is 0.477 e. The highest BCUT2D eigenvalue weighted by atomic mass is 16.4. The molecule has 0 atom stereocenters. The summed E-state index contributed by atoms with van der Waals surface area (Å²) in [5, 5.41) is 13.9. The predicted molar refractivity (Wildman–Crippen MR) is 55.6 cm³/mol. The molecule has 14 heavy (non-hydrogen) atoms. The van der Waals surface area contributed by atoms with Crippen LogP contribution in [0.25, 0.3) is 0 Å². The van der Waals surface area contributed by atoms with Crippen LogP contribution in [0.4, 0.5) is 5.69 Å². The van der Waals surface area contributed by atoms with Gasteiger partial charge in [0.25, 0.3) is 0 Å². The van der Waals surface area contributed by atoms with Crippen molar-refractivity contribution in [3.8, 4) is 0 Å². The molecule has 0 fully saturated rings. The molecule has 0 spiro atoms. The number of carbonyl (C=O) groups is 1. The van der Waals surface area contributed by atoms with Crippen LogP contribution in [0.2, 0.25) is 0 Å². The van der Waals surface area contributed by atoms with Gasteiger partial charge < -0.3 is 5.11 Å². The maximum atomic E-state index is 10.3. The third kappa shape index (κ3) is 2.90. The summed E-state index contributed by atoms with van der Waals surface area (Å²) in [6.45, 7) is 2.54. The van der Waals surface area contributed by atoms with E-state index in [1.165, 1.54) is 0 Å². The van der Waals surface area contributed by atoms with E-state index in [4.69, 9.17) is 5.11 Å². The van der Waals surface area contributed by atoms with Crippen LogP contribution in [0.15, 0.2) is 35.4 Å². The van der Waals surface area contributed by atoms with Crippen molar-refractivity contribution in [3.63, 3.8) is 0 Å². The molecule has 1 rings (SSSR count). The van der Waals surface area contributed by atoms with Crippen LogP contribution in [0.3, 0.4) is 0 Å². The molecule has 0 aliphatic heterocycles. The Hall–Kier alpha value is -1.84. The number of hydrazone groups is 1. The molecule has 74 valence electrons. The average molecular weight is 192 g/mol. The number of benzene rings is 1. The summed E-state index contributed by atoms with van der Waals surface area (Å²) in [7, 11) is 0. The van der Waals surface area contributed by atoms with Crippen molar-refractivity contribution in [1.29, 1.82) is 0 Å². The number of nitrogens with zero attached hydrogens (tertiary/aromatic N) is 2. The average Bonchev–Trinajstić information content (AvgIpc) is 2.20. The van der Waals surface area contributed by atoms with Gasteiger partial charge in [0.2, 0.25) is 0 Å². The van der Waals surface area contributed by atoms with Crippen LogP contribution < -0.4 is 5.01 Å². The fourth-order valence-electron chi connectivity index (χ4n) is 1.05. The van der Waals surface area contributed by atoms with Crippen molar-refractivity contribution < 1.29 is 9.90 Å². The number of hydrogen-bond donors (Lipinski definition) is 1. The number of para-hydroxylation sites is 1. The third-order valence-corrected chi connectivity index (χ3v) is 1.66. The van der Waals surface area contributed by atoms with E-state index in [2.05, 4.69) is 5.10 Å². The zero-order chi connectivity index (χ0) is 10.4. The van der Waals surface area contributed by atoms with E-state index in [0.29, 0.717) is 6.54 Å². The Morgan fingerprint density at radius 3 is 2.64 bits per heavy atom. The van der Waals surface area contributed by atoms with E-state index in [1.807, 2.05) is 37.3 Å². The highest BCUT2D eigenvalue weighted by Crippen LogP contribution is 2.12. The number of carboxylic acids is 1. The Morgan fingerprint density at radius 1 is 1.50 bits per heavy atom. The lowest BCUT2D eigenvalue weighted by Gasteiger charge is -2.15. The number of anilines is 1. The summed E-state index contributed by atoms with van der Waals surface area (Å²) in [6.07, 6.45) is 0.885. The Balaban J connectivity index is 2.78. The lowest BCUT2D eigenvalue weighted by atomic mass is 10.3. The van der Waals surface area contributed by atoms with Crippen molar-refractivity contribution >= 4 is 17.9 Å². The first-order chi connectivity index (χ1) is 6.74. The summed E-state index contributed by atoms with van der Waals surface area (Å²) < 4.78 is 0. The topological polar surface area (TPSA) is 52.9 Å². The molecular formula is C10H12N2O2. The van der Waals surface area contributed by atoms with Gasteiger partial charge in [0.1, 0.15) is 6.21 Å². The predicted octanol–water partition coefficient (Wildman–Crippen LogP) is 1.58. The minimum absolute atomic E-state index is 0.633. The molecule has 4 heteroatoms. The van der Waals surface area contributed by atoms with Gasteiger partial charge in [-0.3, -0.25) is 5.01 Å². The summed E-state index contributed by atoms with van der Waals surface area (Å²) in [6, 6.07) is 9.42. The maximum absolute atomic E-state index is 10.3. The van der Waals surface area contributed by atoms with Crippen LogP contribution in [0.5, 0.6) is 0 Å². The van der Waals surface area contributed by atoms with Gasteiger partial charge in [-0.15, -0.1) is 0 Å². The highest BCUT2D eigenvalue weighted by Gasteiger charge is 2.00. The maximum Gasteiger partial charge on any atom is 0.348 e. The Labute approximate surface area is 82.5 Å². The quantitative estimate of drug-likeness (QED) is 0.582. The fourth-order valence-corrected chi connectivity index (χ4v) is 1.05. The Kier molecular flexibility index (Phi) is 3.67. The fraction of sp³-hybridized carbons (Fsp3) is 0.200. The zero-order valence-corrected chi connectivity index (χ0v) is 7.92. The number of aliphatic carboxylic acids is 1. The van der Waals surface area contributed by atoms with Crippen molar-refractivity contribution in [3.05, 3.63) is 30.3 Å². The minimum atomic E-state index is -1.04. The van der Waals surface area contributed by atoms with Crippen LogP contribution in [0, 0.1) is 0 Å². The third-order valence-electron chi connectivity index (χ3n) is 1.66. The minimum Gasteiger partial charge on any atom is -0.477 e. The van der Waals surface area contributed by atoms with Gasteiger partial charge in [0.15, 0.2) is 0 Å². The van der Waals surface area contributed by atoms with E-state index in [1.54, 1.807) is 5.01 Å². The lowest BCUT2D eigenvalue weighted by molar-refractivity contribution is -0.128. The van der Waals surface area contributed by atoms with Gasteiger partial charge in [-0.2, -0.15) is 5.10 Å². The van der Waals surface area contributed by atoms with Crippen molar-refractivity contribution in [1.82, 2.24) is 0 Å². The first-order valence-electron chi connectivity index (χ1n) is 4.33. The van der Waals surface area contributed by atoms with E-state index >= 15 is 0 Å². The molecule has 1 aromatic rings. The van der Waals surface area contributed by atoms with Gasteiger partial charge in [-0.25, -0.2) is 4.79 Å². The summed E-state index contributed by atoms with van der Waals surface area (Å²) in [5.74, 6) is -1.04. The second-order valence-electron chi connectivity index (χ2n) is 2.63. The van der Waals surface area contributed by atoms with Gasteiger partial charge in [0, 0.05) is 6.54 Å². The monoisotopic (exact) mass is 192 g/mol. The molecule has 0 saturated heterocycles. The molecule has 0 bridgehead atoms. The first kappa shape index (κ1) is 10.2. The van der Waals surface area contributed by atoms with Crippen LogP contribution in [-0.4, -0.2) is 23.8 Å². The standard InChI is InChI=1S/C10H12N2O2/c1-2-12(11-8-10(13)14)9-6-4-3-5-7-9/h3-8H,2H2,1H3,(H,13,14). The molecule has 0 aromatic heterocycles. The van der Waals surface area contributed by atoms with E-state index in [9.17, 15) is 4.79 Å². The molecule has 0 heterocycles. The van der Waals surface area contributed by atoms with Gasteiger partial charge in [0.05, 0.1) is 5.69 Å². The molecule has 0 radical (unpaired) electrons. The first-order valence-corrected chi connectivity index (χ1v) is 4.33. The Morgan fingerprint density at radius 2 is 2.14 bits per heavy atom. The van der Waals surface area contributed by atoms with Crippen LogP contribution >= 0.6 is 0 Å². The van der Waals surface area contributed by atoms with Crippen LogP contribution in [-0.2, 0) is 4.79 Å². The second kappa shape index (κ2) is 5.01. The molecule has 0 saturated carbocycles. The number of rotatable bonds is 4. The van der Waals surface area contributed by atoms with Crippen molar-refractivity contribution in [2.45, 2.75) is 6.92 Å². The molecule has 0 aliphatic rings. The van der Waals surface area contributed by atoms with Gasteiger partial charge in [-0.1, -0.05) is 18.2 Å².